The molecule has 5 nitrogen and oxygen atoms in total. The molecule has 0 aromatic heterocycles. The molecule has 0 aliphatic carbocycles. The molecule has 0 amide bonds. The number of halogens is 1. The van der Waals surface area contributed by atoms with Crippen molar-refractivity contribution < 1.29 is 12.3 Å². The molecule has 1 rings (SSSR count). The first-order chi connectivity index (χ1) is 12.0. The lowest BCUT2D eigenvalue weighted by molar-refractivity contribution is 0.273. The molecule has 0 bridgehead atoms. The van der Waals surface area contributed by atoms with Gasteiger partial charge in [-0.3, -0.25) is 0 Å². The van der Waals surface area contributed by atoms with Crippen molar-refractivity contribution in [3.8, 4) is 12.1 Å². The molecule has 0 radical (unpaired) electrons. The molecule has 0 unspecified atom stereocenters. The second-order valence-corrected chi connectivity index (χ2v) is 26.9. The minimum atomic E-state index is -3.33. The van der Waals surface area contributed by atoms with Gasteiger partial charge in [0.25, 0.3) is 0 Å². The number of nitriles is 2. The molecule has 0 aliphatic heterocycles. The van der Waals surface area contributed by atoms with Crippen molar-refractivity contribution >= 4 is 54.9 Å². The third kappa shape index (κ3) is 7.40. The van der Waals surface area contributed by atoms with Crippen molar-refractivity contribution in [2.24, 2.45) is 0 Å². The highest BCUT2D eigenvalue weighted by atomic mass is 79.9. The minimum absolute atomic E-state index is 0.310. The second-order valence-electron chi connectivity index (χ2n) is 9.30. The van der Waals surface area contributed by atoms with Gasteiger partial charge in [0, 0.05) is 9.66 Å². The average molecular weight is 502 g/mol. The molecule has 10 heteroatoms. The number of hydrogen-bond donors (Lipinski definition) is 0. The molecule has 0 heterocycles. The van der Waals surface area contributed by atoms with Gasteiger partial charge in [-0.15, -0.1) is 0 Å². The zero-order chi connectivity index (χ0) is 21.3. The summed E-state index contributed by atoms with van der Waals surface area (Å²) < 4.78 is 20.8. The van der Waals surface area contributed by atoms with E-state index in [9.17, 15) is 10.5 Å². The Morgan fingerprint density at radius 1 is 0.704 bits per heavy atom. The molecule has 0 saturated carbocycles. The fourth-order valence-corrected chi connectivity index (χ4v) is 16.8. The van der Waals surface area contributed by atoms with Gasteiger partial charge in [0.1, 0.15) is 12.1 Å². The number of rotatable bonds is 7. The fraction of sp³-hybridized carbons (Fsp3) is 0.529. The first kappa shape index (κ1) is 24.5. The van der Waals surface area contributed by atoms with Gasteiger partial charge in [-0.05, 0) is 71.1 Å². The number of nitrogens with zero attached hydrogens (tertiary/aromatic N) is 2. The summed E-state index contributed by atoms with van der Waals surface area (Å²) in [4.78, 5) is 0. The monoisotopic (exact) mass is 500 g/mol. The molecule has 27 heavy (non-hydrogen) atoms. The quantitative estimate of drug-likeness (QED) is 0.497. The first-order valence-electron chi connectivity index (χ1n) is 8.77. The lowest BCUT2D eigenvalue weighted by atomic mass is 10.1. The summed E-state index contributed by atoms with van der Waals surface area (Å²) in [5.41, 5.74) is 0.634. The number of hydrogen-bond acceptors (Lipinski definition) is 5. The van der Waals surface area contributed by atoms with Crippen molar-refractivity contribution in [2.45, 2.75) is 58.9 Å². The van der Waals surface area contributed by atoms with Crippen LogP contribution in [0.15, 0.2) is 16.6 Å². The van der Waals surface area contributed by atoms with Gasteiger partial charge in [0.05, 0.1) is 11.1 Å². The Morgan fingerprint density at radius 2 is 1.04 bits per heavy atom. The van der Waals surface area contributed by atoms with Crippen molar-refractivity contribution in [3.63, 3.8) is 0 Å². The molecule has 0 N–H and O–H groups in total. The van der Waals surface area contributed by atoms with E-state index in [0.29, 0.717) is 15.6 Å². The molecular weight excluding hydrogens is 472 g/mol. The largest absolute Gasteiger partial charge is 0.506 e. The number of benzene rings is 1. The zero-order valence-corrected chi connectivity index (χ0v) is 23.2. The van der Waals surface area contributed by atoms with Gasteiger partial charge in [0.2, 0.25) is 0 Å². The van der Waals surface area contributed by atoms with Gasteiger partial charge < -0.3 is 12.3 Å². The Morgan fingerprint density at radius 3 is 1.33 bits per heavy atom. The van der Waals surface area contributed by atoms with Gasteiger partial charge >= 0.3 is 8.80 Å². The van der Waals surface area contributed by atoms with E-state index in [1.165, 1.54) is 0 Å². The summed E-state index contributed by atoms with van der Waals surface area (Å²) in [5.74, 6) is 0. The van der Waals surface area contributed by atoms with Gasteiger partial charge in [-0.25, -0.2) is 0 Å². The highest BCUT2D eigenvalue weighted by molar-refractivity contribution is 9.10. The van der Waals surface area contributed by atoms with Gasteiger partial charge in [0.15, 0.2) is 25.0 Å². The maximum absolute atomic E-state index is 9.53. The molecular formula is C17H29BrN2O3Si4. The summed E-state index contributed by atoms with van der Waals surface area (Å²) in [7, 11) is -9.51. The molecule has 1 aromatic rings. The Bertz CT molecular complexity index is 743. The van der Waals surface area contributed by atoms with Crippen molar-refractivity contribution in [3.05, 3.63) is 27.7 Å². The van der Waals surface area contributed by atoms with E-state index in [1.807, 2.05) is 0 Å². The van der Waals surface area contributed by atoms with Gasteiger partial charge in [-0.1, -0.05) is 15.9 Å². The lowest BCUT2D eigenvalue weighted by Gasteiger charge is -2.43. The van der Waals surface area contributed by atoms with Crippen LogP contribution in [0.3, 0.4) is 0 Å². The summed E-state index contributed by atoms with van der Waals surface area (Å²) in [6.07, 6.45) is 0. The topological polar surface area (TPSA) is 75.3 Å². The molecule has 0 saturated heterocycles. The SMILES string of the molecule is C[Si](C)(C)O[Si](O[Si](C)(C)C)(O[Si](C)(C)C)c1cc(C#N)c(C#N)cc1Br. The molecule has 1 aromatic carbocycles. The third-order valence-corrected chi connectivity index (χ3v) is 15.7. The molecule has 0 aliphatic rings. The van der Waals surface area contributed by atoms with Crippen molar-refractivity contribution in [2.75, 3.05) is 0 Å². The van der Waals surface area contributed by atoms with Crippen LogP contribution in [0.1, 0.15) is 11.1 Å². The van der Waals surface area contributed by atoms with Crippen molar-refractivity contribution in [1.29, 1.82) is 10.5 Å². The molecule has 0 spiro atoms. The van der Waals surface area contributed by atoms with E-state index in [2.05, 4.69) is 87.0 Å². The van der Waals surface area contributed by atoms with Crippen molar-refractivity contribution in [1.82, 2.24) is 0 Å². The van der Waals surface area contributed by atoms with Crippen LogP contribution in [0.25, 0.3) is 0 Å². The molecule has 0 fully saturated rings. The predicted octanol–water partition coefficient (Wildman–Crippen LogP) is 4.89. The Balaban J connectivity index is 3.85. The predicted molar refractivity (Wildman–Crippen MR) is 122 cm³/mol. The Hall–Kier alpha value is -0.572. The molecule has 0 atom stereocenters. The van der Waals surface area contributed by atoms with Crippen LogP contribution in [0.5, 0.6) is 0 Å². The van der Waals surface area contributed by atoms with E-state index in [0.717, 1.165) is 5.19 Å². The van der Waals surface area contributed by atoms with E-state index in [1.54, 1.807) is 12.1 Å². The first-order valence-corrected chi connectivity index (χ1v) is 21.5. The highest BCUT2D eigenvalue weighted by Gasteiger charge is 2.53. The third-order valence-electron chi connectivity index (χ3n) is 3.00. The van der Waals surface area contributed by atoms with Crippen LogP contribution in [-0.4, -0.2) is 33.8 Å². The summed E-state index contributed by atoms with van der Waals surface area (Å²) >= 11 is 3.59. The Labute approximate surface area is 176 Å². The van der Waals surface area contributed by atoms with E-state index in [4.69, 9.17) is 12.3 Å². The smallest absolute Gasteiger partial charge is 0.414 e. The van der Waals surface area contributed by atoms with Crippen LogP contribution < -0.4 is 5.19 Å². The maximum Gasteiger partial charge on any atom is 0.506 e. The van der Waals surface area contributed by atoms with Crippen LogP contribution in [0, 0.1) is 22.7 Å². The lowest BCUT2D eigenvalue weighted by Crippen LogP contribution is -2.67. The standard InChI is InChI=1S/C17H29BrN2O3Si4/c1-24(2,3)21-27(22-25(4,5)6,23-26(7,8)9)17-11-15(13-20)14(12-19)10-16(17)18/h10-11H,1-9H3. The highest BCUT2D eigenvalue weighted by Crippen LogP contribution is 2.29. The summed E-state index contributed by atoms with van der Waals surface area (Å²) in [6, 6.07) is 7.59. The second kappa shape index (κ2) is 8.43. The Kier molecular flexibility index (Phi) is 7.64. The molecule has 148 valence electrons. The van der Waals surface area contributed by atoms with E-state index >= 15 is 0 Å². The van der Waals surface area contributed by atoms with E-state index < -0.39 is 33.8 Å². The zero-order valence-electron chi connectivity index (χ0n) is 17.7. The maximum atomic E-state index is 9.53. The van der Waals surface area contributed by atoms with E-state index in [-0.39, 0.29) is 0 Å². The minimum Gasteiger partial charge on any atom is -0.414 e. The summed E-state index contributed by atoms with van der Waals surface area (Å²) in [6.45, 7) is 19.0. The fourth-order valence-electron chi connectivity index (χ4n) is 2.43. The van der Waals surface area contributed by atoms with Crippen LogP contribution in [0.2, 0.25) is 58.9 Å². The normalized spacial score (nSPS) is 13.2. The van der Waals surface area contributed by atoms with Crippen LogP contribution in [0.4, 0.5) is 0 Å². The summed E-state index contributed by atoms with van der Waals surface area (Å²) in [5, 5.41) is 19.6. The van der Waals surface area contributed by atoms with Gasteiger partial charge in [-0.2, -0.15) is 10.5 Å². The average Bonchev–Trinajstić information content (AvgIpc) is 2.40. The van der Waals surface area contributed by atoms with Crippen LogP contribution >= 0.6 is 15.9 Å². The van der Waals surface area contributed by atoms with Crippen LogP contribution in [-0.2, 0) is 12.3 Å².